The first-order valence-electron chi connectivity index (χ1n) is 6.52. The first-order chi connectivity index (χ1) is 9.95. The maximum Gasteiger partial charge on any atom is 0.243 e. The molecule has 2 aromatic rings. The normalized spacial score (nSPS) is 10.3. The van der Waals surface area contributed by atoms with Gasteiger partial charge in [-0.05, 0) is 49.2 Å². The number of aryl methyl sites for hydroxylation is 2. The zero-order valence-corrected chi connectivity index (χ0v) is 13.3. The van der Waals surface area contributed by atoms with Gasteiger partial charge in [-0.15, -0.1) is 0 Å². The highest BCUT2D eigenvalue weighted by atomic mass is 35.5. The van der Waals surface area contributed by atoms with Crippen molar-refractivity contribution < 1.29 is 4.79 Å². The lowest BCUT2D eigenvalue weighted by Gasteiger charge is -2.12. The summed E-state index contributed by atoms with van der Waals surface area (Å²) in [4.78, 5) is 12.0. The van der Waals surface area contributed by atoms with Crippen molar-refractivity contribution in [2.24, 2.45) is 0 Å². The van der Waals surface area contributed by atoms with Crippen molar-refractivity contribution in [3.8, 4) is 0 Å². The summed E-state index contributed by atoms with van der Waals surface area (Å²) in [6.07, 6.45) is 0. The summed E-state index contributed by atoms with van der Waals surface area (Å²) < 4.78 is 0. The van der Waals surface area contributed by atoms with Crippen LogP contribution in [0.3, 0.4) is 0 Å². The highest BCUT2D eigenvalue weighted by Crippen LogP contribution is 2.21. The minimum Gasteiger partial charge on any atom is -0.376 e. The van der Waals surface area contributed by atoms with Crippen LogP contribution in [0.25, 0.3) is 0 Å². The van der Waals surface area contributed by atoms with Gasteiger partial charge in [0.05, 0.1) is 6.54 Å². The van der Waals surface area contributed by atoms with Crippen molar-refractivity contribution in [3.63, 3.8) is 0 Å². The summed E-state index contributed by atoms with van der Waals surface area (Å²) in [7, 11) is 0. The minimum absolute atomic E-state index is 0.139. The van der Waals surface area contributed by atoms with Crippen LogP contribution in [0.5, 0.6) is 0 Å². The Kier molecular flexibility index (Phi) is 5.10. The molecule has 0 aromatic heterocycles. The number of anilines is 2. The molecule has 2 aromatic carbocycles. The van der Waals surface area contributed by atoms with Crippen LogP contribution in [0.2, 0.25) is 10.0 Å². The molecule has 0 unspecified atom stereocenters. The fourth-order valence-electron chi connectivity index (χ4n) is 1.88. The smallest absolute Gasteiger partial charge is 0.243 e. The van der Waals surface area contributed by atoms with Crippen molar-refractivity contribution in [1.82, 2.24) is 0 Å². The molecule has 0 fully saturated rings. The second kappa shape index (κ2) is 6.83. The molecule has 0 saturated heterocycles. The Morgan fingerprint density at radius 3 is 2.10 bits per heavy atom. The number of nitrogens with one attached hydrogen (secondary N) is 2. The summed E-state index contributed by atoms with van der Waals surface area (Å²) in [6, 6.07) is 10.9. The standard InChI is InChI=1S/C16H16Cl2N2O/c1-10-3-5-12(17)7-14(10)19-9-16(21)20-15-8-13(18)6-4-11(15)2/h3-8,19H,9H2,1-2H3,(H,20,21). The summed E-state index contributed by atoms with van der Waals surface area (Å²) in [6.45, 7) is 4.03. The molecule has 0 spiro atoms. The summed E-state index contributed by atoms with van der Waals surface area (Å²) >= 11 is 11.9. The number of carbonyl (C=O) groups excluding carboxylic acids is 1. The van der Waals surface area contributed by atoms with Gasteiger partial charge in [0.25, 0.3) is 0 Å². The van der Waals surface area contributed by atoms with E-state index in [9.17, 15) is 4.79 Å². The number of carbonyl (C=O) groups is 1. The minimum atomic E-state index is -0.139. The molecular weight excluding hydrogens is 307 g/mol. The number of rotatable bonds is 4. The Hall–Kier alpha value is -1.71. The van der Waals surface area contributed by atoms with Gasteiger partial charge < -0.3 is 10.6 Å². The lowest BCUT2D eigenvalue weighted by atomic mass is 10.2. The molecule has 0 saturated carbocycles. The molecule has 2 N–H and O–H groups in total. The van der Waals surface area contributed by atoms with E-state index in [4.69, 9.17) is 23.2 Å². The third kappa shape index (κ3) is 4.38. The number of amides is 1. The molecule has 5 heteroatoms. The predicted octanol–water partition coefficient (Wildman–Crippen LogP) is 4.66. The first-order valence-corrected chi connectivity index (χ1v) is 7.27. The van der Waals surface area contributed by atoms with Gasteiger partial charge in [-0.3, -0.25) is 4.79 Å². The molecule has 21 heavy (non-hydrogen) atoms. The predicted molar refractivity (Wildman–Crippen MR) is 89.5 cm³/mol. The van der Waals surface area contributed by atoms with Crippen LogP contribution in [0, 0.1) is 13.8 Å². The molecule has 0 radical (unpaired) electrons. The van der Waals surface area contributed by atoms with Crippen LogP contribution < -0.4 is 10.6 Å². The second-order valence-electron chi connectivity index (χ2n) is 4.82. The highest BCUT2D eigenvalue weighted by Gasteiger charge is 2.06. The van der Waals surface area contributed by atoms with Gasteiger partial charge in [0.1, 0.15) is 0 Å². The summed E-state index contributed by atoms with van der Waals surface area (Å²) in [5, 5.41) is 7.14. The van der Waals surface area contributed by atoms with Gasteiger partial charge in [0.15, 0.2) is 0 Å². The average molecular weight is 323 g/mol. The van der Waals surface area contributed by atoms with Gasteiger partial charge in [-0.1, -0.05) is 35.3 Å². The zero-order valence-electron chi connectivity index (χ0n) is 11.8. The van der Waals surface area contributed by atoms with E-state index in [1.165, 1.54) is 0 Å². The molecule has 1 amide bonds. The van der Waals surface area contributed by atoms with E-state index in [1.807, 2.05) is 32.0 Å². The number of hydrogen-bond donors (Lipinski definition) is 2. The van der Waals surface area contributed by atoms with Crippen molar-refractivity contribution in [2.75, 3.05) is 17.2 Å². The quantitative estimate of drug-likeness (QED) is 0.859. The molecule has 0 aliphatic heterocycles. The van der Waals surface area contributed by atoms with Crippen molar-refractivity contribution in [2.45, 2.75) is 13.8 Å². The molecule has 110 valence electrons. The van der Waals surface area contributed by atoms with Crippen LogP contribution in [-0.2, 0) is 4.79 Å². The molecule has 0 atom stereocenters. The molecule has 0 aliphatic carbocycles. The number of benzene rings is 2. The molecule has 0 heterocycles. The third-order valence-electron chi connectivity index (χ3n) is 3.11. The van der Waals surface area contributed by atoms with Gasteiger partial charge in [0.2, 0.25) is 5.91 Å². The van der Waals surface area contributed by atoms with Gasteiger partial charge in [-0.2, -0.15) is 0 Å². The molecule has 0 aliphatic rings. The molecule has 0 bridgehead atoms. The Bertz CT molecular complexity index is 671. The first kappa shape index (κ1) is 15.7. The number of hydrogen-bond acceptors (Lipinski definition) is 2. The second-order valence-corrected chi connectivity index (χ2v) is 5.69. The number of halogens is 2. The fraction of sp³-hybridized carbons (Fsp3) is 0.188. The van der Waals surface area contributed by atoms with E-state index in [0.717, 1.165) is 22.5 Å². The largest absolute Gasteiger partial charge is 0.376 e. The van der Waals surface area contributed by atoms with Crippen LogP contribution in [-0.4, -0.2) is 12.5 Å². The Labute approximate surface area is 134 Å². The van der Waals surface area contributed by atoms with Crippen LogP contribution in [0.4, 0.5) is 11.4 Å². The summed E-state index contributed by atoms with van der Waals surface area (Å²) in [5.41, 5.74) is 3.57. The average Bonchev–Trinajstić information content (AvgIpc) is 2.44. The van der Waals surface area contributed by atoms with E-state index >= 15 is 0 Å². The van der Waals surface area contributed by atoms with Crippen LogP contribution in [0.15, 0.2) is 36.4 Å². The third-order valence-corrected chi connectivity index (χ3v) is 3.58. The lowest BCUT2D eigenvalue weighted by molar-refractivity contribution is -0.114. The van der Waals surface area contributed by atoms with Gasteiger partial charge in [0, 0.05) is 21.4 Å². The van der Waals surface area contributed by atoms with Crippen LogP contribution >= 0.6 is 23.2 Å². The van der Waals surface area contributed by atoms with Gasteiger partial charge in [-0.25, -0.2) is 0 Å². The van der Waals surface area contributed by atoms with Crippen LogP contribution in [0.1, 0.15) is 11.1 Å². The monoisotopic (exact) mass is 322 g/mol. The highest BCUT2D eigenvalue weighted by molar-refractivity contribution is 6.31. The van der Waals surface area contributed by atoms with Crippen molar-refractivity contribution in [3.05, 3.63) is 57.6 Å². The zero-order chi connectivity index (χ0) is 15.4. The van der Waals surface area contributed by atoms with Crippen molar-refractivity contribution >= 4 is 40.5 Å². The maximum absolute atomic E-state index is 12.0. The molecule has 3 nitrogen and oxygen atoms in total. The van der Waals surface area contributed by atoms with E-state index in [-0.39, 0.29) is 12.5 Å². The fourth-order valence-corrected chi connectivity index (χ4v) is 2.23. The van der Waals surface area contributed by atoms with Crippen molar-refractivity contribution in [1.29, 1.82) is 0 Å². The van der Waals surface area contributed by atoms with Gasteiger partial charge >= 0.3 is 0 Å². The van der Waals surface area contributed by atoms with E-state index < -0.39 is 0 Å². The topological polar surface area (TPSA) is 41.1 Å². The lowest BCUT2D eigenvalue weighted by Crippen LogP contribution is -2.22. The Morgan fingerprint density at radius 2 is 1.48 bits per heavy atom. The summed E-state index contributed by atoms with van der Waals surface area (Å²) in [5.74, 6) is -0.139. The molecule has 2 rings (SSSR count). The Morgan fingerprint density at radius 1 is 0.952 bits per heavy atom. The van der Waals surface area contributed by atoms with E-state index in [0.29, 0.717) is 10.0 Å². The SMILES string of the molecule is Cc1ccc(Cl)cc1NCC(=O)Nc1cc(Cl)ccc1C. The molecular formula is C16H16Cl2N2O. The van der Waals surface area contributed by atoms with E-state index in [2.05, 4.69) is 10.6 Å². The Balaban J connectivity index is 1.99. The van der Waals surface area contributed by atoms with E-state index in [1.54, 1.807) is 18.2 Å². The maximum atomic E-state index is 12.0.